The van der Waals surface area contributed by atoms with Crippen LogP contribution in [0.15, 0.2) is 72.8 Å². The van der Waals surface area contributed by atoms with Crippen LogP contribution in [0.2, 0.25) is 10.0 Å². The molecule has 9 heteroatoms. The summed E-state index contributed by atoms with van der Waals surface area (Å²) >= 11 is 12.2. The number of likely N-dealkylation sites (N-methyl/N-ethyl adjacent to an activating group) is 1. The average Bonchev–Trinajstić information content (AvgIpc) is 3.59. The zero-order valence-corrected chi connectivity index (χ0v) is 22.0. The normalized spacial score (nSPS) is 19.4. The van der Waals surface area contributed by atoms with Crippen LogP contribution in [0.25, 0.3) is 0 Å². The van der Waals surface area contributed by atoms with Crippen molar-refractivity contribution in [3.63, 3.8) is 0 Å². The maximum Gasteiger partial charge on any atom is 0.446 e. The second-order valence-electron chi connectivity index (χ2n) is 9.09. The number of ether oxygens (including phenoxy) is 3. The van der Waals surface area contributed by atoms with E-state index in [1.54, 1.807) is 24.3 Å². The molecular formula is C28H28Cl2F3NO3. The van der Waals surface area contributed by atoms with Crippen LogP contribution in [-0.2, 0) is 15.9 Å². The van der Waals surface area contributed by atoms with Gasteiger partial charge < -0.3 is 19.1 Å². The van der Waals surface area contributed by atoms with E-state index in [0.717, 1.165) is 24.8 Å². The summed E-state index contributed by atoms with van der Waals surface area (Å²) in [6, 6.07) is 22.7. The summed E-state index contributed by atoms with van der Waals surface area (Å²) in [5.41, 5.74) is 3.02. The van der Waals surface area contributed by atoms with Crippen LogP contribution >= 0.6 is 23.2 Å². The number of nitrogens with zero attached hydrogens (tertiary/aromatic N) is 1. The molecule has 2 atom stereocenters. The number of hydrogen-bond acceptors (Lipinski definition) is 4. The van der Waals surface area contributed by atoms with Gasteiger partial charge in [0.05, 0.1) is 0 Å². The number of benzene rings is 3. The fourth-order valence-corrected chi connectivity index (χ4v) is 4.60. The van der Waals surface area contributed by atoms with Crippen molar-refractivity contribution >= 4 is 23.2 Å². The van der Waals surface area contributed by atoms with Gasteiger partial charge in [0.15, 0.2) is 0 Å². The van der Waals surface area contributed by atoms with E-state index < -0.39 is 18.1 Å². The lowest BCUT2D eigenvalue weighted by atomic mass is 9.91. The van der Waals surface area contributed by atoms with Gasteiger partial charge in [-0.05, 0) is 60.1 Å². The zero-order chi connectivity index (χ0) is 26.6. The Labute approximate surface area is 224 Å². The first-order valence-corrected chi connectivity index (χ1v) is 12.6. The van der Waals surface area contributed by atoms with E-state index in [1.807, 2.05) is 55.6 Å². The van der Waals surface area contributed by atoms with E-state index in [9.17, 15) is 13.2 Å². The Balaban J connectivity index is 1.30. The van der Waals surface area contributed by atoms with Gasteiger partial charge in [-0.1, -0.05) is 59.6 Å². The summed E-state index contributed by atoms with van der Waals surface area (Å²) in [6.07, 6.45) is -5.51. The van der Waals surface area contributed by atoms with E-state index in [0.29, 0.717) is 34.5 Å². The molecule has 1 heterocycles. The summed E-state index contributed by atoms with van der Waals surface area (Å²) in [5.74, 6) is -1.73. The Hall–Kier alpha value is -2.29. The van der Waals surface area contributed by atoms with Crippen molar-refractivity contribution in [1.82, 2.24) is 4.90 Å². The fourth-order valence-electron chi connectivity index (χ4n) is 4.35. The number of halogens is 5. The van der Waals surface area contributed by atoms with Crippen molar-refractivity contribution in [2.75, 3.05) is 33.9 Å². The lowest BCUT2D eigenvalue weighted by Gasteiger charge is -2.25. The van der Waals surface area contributed by atoms with Crippen LogP contribution in [0.5, 0.6) is 5.75 Å². The van der Waals surface area contributed by atoms with E-state index in [4.69, 9.17) is 32.7 Å². The van der Waals surface area contributed by atoms with E-state index >= 15 is 0 Å². The monoisotopic (exact) mass is 553 g/mol. The van der Waals surface area contributed by atoms with Gasteiger partial charge in [0.25, 0.3) is 5.79 Å². The van der Waals surface area contributed by atoms with E-state index in [1.165, 1.54) is 0 Å². The van der Waals surface area contributed by atoms with E-state index in [2.05, 4.69) is 9.64 Å². The third kappa shape index (κ3) is 6.78. The summed E-state index contributed by atoms with van der Waals surface area (Å²) in [6.45, 7) is 1.89. The number of rotatable bonds is 11. The fraction of sp³-hybridized carbons (Fsp3) is 0.357. The third-order valence-electron chi connectivity index (χ3n) is 6.51. The minimum Gasteiger partial charge on any atom is -0.492 e. The van der Waals surface area contributed by atoms with Crippen LogP contribution in [0.1, 0.15) is 22.6 Å². The van der Waals surface area contributed by atoms with Crippen molar-refractivity contribution in [3.05, 3.63) is 99.5 Å². The molecule has 0 spiro atoms. The maximum atomic E-state index is 13.1. The molecule has 0 saturated carbocycles. The van der Waals surface area contributed by atoms with Crippen molar-refractivity contribution < 1.29 is 27.4 Å². The second kappa shape index (κ2) is 11.6. The van der Waals surface area contributed by atoms with Gasteiger partial charge in [-0.25, -0.2) is 0 Å². The minimum atomic E-state index is -4.57. The van der Waals surface area contributed by atoms with Crippen LogP contribution in [0.4, 0.5) is 13.2 Å². The predicted molar refractivity (Wildman–Crippen MR) is 139 cm³/mol. The molecule has 2 unspecified atom stereocenters. The first-order valence-electron chi connectivity index (χ1n) is 11.8. The molecule has 1 saturated heterocycles. The van der Waals surface area contributed by atoms with Gasteiger partial charge in [-0.2, -0.15) is 13.2 Å². The topological polar surface area (TPSA) is 34.2 Å². The molecule has 3 aromatic rings. The highest BCUT2D eigenvalue weighted by molar-refractivity contribution is 6.30. The van der Waals surface area contributed by atoms with Crippen molar-refractivity contribution in [3.8, 4) is 5.75 Å². The number of hydrogen-bond donors (Lipinski definition) is 0. The molecule has 0 bridgehead atoms. The van der Waals surface area contributed by atoms with Crippen LogP contribution < -0.4 is 4.74 Å². The van der Waals surface area contributed by atoms with Gasteiger partial charge >= 0.3 is 6.18 Å². The van der Waals surface area contributed by atoms with Crippen molar-refractivity contribution in [2.24, 2.45) is 0 Å². The predicted octanol–water partition coefficient (Wildman–Crippen LogP) is 6.98. The highest BCUT2D eigenvalue weighted by Crippen LogP contribution is 2.51. The number of methoxy groups -OCH3 is 1. The molecule has 1 fully saturated rings. The van der Waals surface area contributed by atoms with Gasteiger partial charge in [0.1, 0.15) is 18.5 Å². The molecule has 3 aromatic carbocycles. The molecule has 0 radical (unpaired) electrons. The Morgan fingerprint density at radius 2 is 1.46 bits per heavy atom. The second-order valence-corrected chi connectivity index (χ2v) is 9.96. The van der Waals surface area contributed by atoms with Crippen LogP contribution in [0, 0.1) is 0 Å². The largest absolute Gasteiger partial charge is 0.492 e. The molecular weight excluding hydrogens is 526 g/mol. The summed E-state index contributed by atoms with van der Waals surface area (Å²) < 4.78 is 54.7. The lowest BCUT2D eigenvalue weighted by molar-refractivity contribution is -0.263. The Morgan fingerprint density at radius 1 is 0.919 bits per heavy atom. The molecule has 0 N–H and O–H groups in total. The summed E-state index contributed by atoms with van der Waals surface area (Å²) in [5, 5.41) is 1.38. The SMILES string of the molecule is COC1(C(F)(F)F)OC1Cc1ccc(OCCN(C)CC(c2ccc(Cl)cc2)c2ccc(Cl)cc2)cc1. The first kappa shape index (κ1) is 27.7. The molecule has 4 nitrogen and oxygen atoms in total. The Bertz CT molecular complexity index is 1110. The van der Waals surface area contributed by atoms with Gasteiger partial charge in [0.2, 0.25) is 0 Å². The number of epoxide rings is 1. The average molecular weight is 554 g/mol. The van der Waals surface area contributed by atoms with Crippen molar-refractivity contribution in [1.29, 1.82) is 0 Å². The quantitative estimate of drug-likeness (QED) is 0.240. The van der Waals surface area contributed by atoms with Crippen molar-refractivity contribution in [2.45, 2.75) is 30.4 Å². The van der Waals surface area contributed by atoms with Gasteiger partial charge in [-0.15, -0.1) is 0 Å². The maximum absolute atomic E-state index is 13.1. The molecule has 37 heavy (non-hydrogen) atoms. The molecule has 4 rings (SSSR count). The molecule has 1 aliphatic heterocycles. The Kier molecular flexibility index (Phi) is 8.71. The molecule has 198 valence electrons. The molecule has 0 aromatic heterocycles. The van der Waals surface area contributed by atoms with Crippen LogP contribution in [-0.4, -0.2) is 56.8 Å². The third-order valence-corrected chi connectivity index (χ3v) is 7.01. The molecule has 0 aliphatic carbocycles. The standard InChI is InChI=1S/C28H28Cl2F3NO3/c1-34(18-25(20-5-9-22(29)10-6-20)21-7-11-23(30)12-8-21)15-16-36-24-13-3-19(4-14-24)17-26-27(35-2,37-26)28(31,32)33/h3-14,25-26H,15-18H2,1-2H3. The van der Waals surface area contributed by atoms with Gasteiger partial charge in [0, 0.05) is 42.6 Å². The highest BCUT2D eigenvalue weighted by Gasteiger charge is 2.74. The molecule has 0 amide bonds. The summed E-state index contributed by atoms with van der Waals surface area (Å²) in [4.78, 5) is 2.19. The van der Waals surface area contributed by atoms with Gasteiger partial charge in [-0.3, -0.25) is 0 Å². The lowest BCUT2D eigenvalue weighted by Crippen LogP contribution is -2.37. The Morgan fingerprint density at radius 3 is 1.92 bits per heavy atom. The smallest absolute Gasteiger partial charge is 0.446 e. The first-order chi connectivity index (χ1) is 17.6. The molecule has 1 aliphatic rings. The highest BCUT2D eigenvalue weighted by atomic mass is 35.5. The zero-order valence-electron chi connectivity index (χ0n) is 20.5. The number of alkyl halides is 3. The van der Waals surface area contributed by atoms with E-state index in [-0.39, 0.29) is 12.3 Å². The minimum absolute atomic E-state index is 0.104. The van der Waals surface area contributed by atoms with Crippen LogP contribution in [0.3, 0.4) is 0 Å². The summed E-state index contributed by atoms with van der Waals surface area (Å²) in [7, 11) is 3.04.